The number of nitrogens with zero attached hydrogens (tertiary/aromatic N) is 2. The van der Waals surface area contributed by atoms with Crippen LogP contribution in [0.1, 0.15) is 6.92 Å². The monoisotopic (exact) mass is 165 g/mol. The lowest BCUT2D eigenvalue weighted by Gasteiger charge is -1.90. The van der Waals surface area contributed by atoms with Crippen molar-refractivity contribution in [3.63, 3.8) is 0 Å². The Bertz CT molecular complexity index is 135. The van der Waals surface area contributed by atoms with Gasteiger partial charge in [-0.15, -0.1) is 25.0 Å². The van der Waals surface area contributed by atoms with E-state index in [0.717, 1.165) is 0 Å². The largest absolute Gasteiger partial charge is 0.379 e. The highest BCUT2D eigenvalue weighted by molar-refractivity contribution is 7.96. The van der Waals surface area contributed by atoms with Crippen LogP contribution >= 0.6 is 25.0 Å². The number of aliphatic imine (C=N–C) groups is 1. The first kappa shape index (κ1) is 11.4. The highest BCUT2D eigenvalue weighted by atomic mass is 35.5. The molecule has 0 aromatic rings. The summed E-state index contributed by atoms with van der Waals surface area (Å²) in [4.78, 5) is 3.59. The average molecular weight is 166 g/mol. The first-order chi connectivity index (χ1) is 3.66. The molecule has 0 aromatic carbocycles. The summed E-state index contributed by atoms with van der Waals surface area (Å²) in [5.74, 6) is 0. The van der Waals surface area contributed by atoms with Gasteiger partial charge in [0.25, 0.3) is 0 Å². The molecule has 0 amide bonds. The summed E-state index contributed by atoms with van der Waals surface area (Å²) in [5, 5.41) is 8.29. The minimum atomic E-state index is -0.382. The zero-order valence-electron chi connectivity index (χ0n) is 4.90. The van der Waals surface area contributed by atoms with E-state index in [1.165, 1.54) is 0 Å². The number of halogens is 1. The maximum Gasteiger partial charge on any atom is 0.152 e. The predicted octanol–water partition coefficient (Wildman–Crippen LogP) is 0.565. The van der Waals surface area contributed by atoms with Crippen LogP contribution in [0.25, 0.3) is 0 Å². The maximum atomic E-state index is 8.14. The van der Waals surface area contributed by atoms with Crippen molar-refractivity contribution < 1.29 is 0 Å². The van der Waals surface area contributed by atoms with E-state index in [1.807, 2.05) is 6.07 Å². The Labute approximate surface area is 65.8 Å². The Hall–Kier alpha value is -0.400. The lowest BCUT2D eigenvalue weighted by molar-refractivity contribution is 0.942. The molecular weight excluding hydrogens is 158 g/mol. The Kier molecular flexibility index (Phi) is 7.26. The Morgan fingerprint density at radius 3 is 2.44 bits per heavy atom. The molecule has 1 atom stereocenters. The molecular formula is C4H8ClN3S. The molecule has 0 radical (unpaired) electrons. The molecule has 0 aliphatic carbocycles. The van der Waals surface area contributed by atoms with Gasteiger partial charge in [-0.2, -0.15) is 5.26 Å². The van der Waals surface area contributed by atoms with Crippen molar-refractivity contribution in [1.82, 2.24) is 0 Å². The Morgan fingerprint density at radius 2 is 2.33 bits per heavy atom. The van der Waals surface area contributed by atoms with Gasteiger partial charge in [0.15, 0.2) is 5.17 Å². The second-order valence-electron chi connectivity index (χ2n) is 1.29. The van der Waals surface area contributed by atoms with Gasteiger partial charge in [-0.25, -0.2) is 4.99 Å². The quantitative estimate of drug-likeness (QED) is 0.339. The van der Waals surface area contributed by atoms with E-state index in [9.17, 15) is 0 Å². The minimum Gasteiger partial charge on any atom is -0.379 e. The molecule has 0 spiro atoms. The Morgan fingerprint density at radius 1 is 1.89 bits per heavy atom. The van der Waals surface area contributed by atoms with Crippen molar-refractivity contribution in [1.29, 1.82) is 5.26 Å². The molecule has 0 heterocycles. The van der Waals surface area contributed by atoms with Crippen LogP contribution < -0.4 is 5.73 Å². The van der Waals surface area contributed by atoms with Gasteiger partial charge in [-0.1, -0.05) is 0 Å². The van der Waals surface area contributed by atoms with Crippen LogP contribution in [0.2, 0.25) is 0 Å². The standard InChI is InChI=1S/C4H7N3S.ClH/c1-3(2-5)7-4(6)8;/h3H,1H3,(H3,6,7,8);1H. The fourth-order valence-electron chi connectivity index (χ4n) is 0.227. The topological polar surface area (TPSA) is 62.2 Å². The van der Waals surface area contributed by atoms with Crippen molar-refractivity contribution in [2.75, 3.05) is 0 Å². The number of nitriles is 1. The van der Waals surface area contributed by atoms with Crippen molar-refractivity contribution in [3.05, 3.63) is 0 Å². The lowest BCUT2D eigenvalue weighted by Crippen LogP contribution is -2.06. The van der Waals surface area contributed by atoms with Crippen LogP contribution in [-0.4, -0.2) is 11.2 Å². The summed E-state index contributed by atoms with van der Waals surface area (Å²) in [6, 6.07) is 1.50. The van der Waals surface area contributed by atoms with Crippen LogP contribution in [0, 0.1) is 11.3 Å². The van der Waals surface area contributed by atoms with E-state index in [2.05, 4.69) is 17.6 Å². The van der Waals surface area contributed by atoms with E-state index in [0.29, 0.717) is 0 Å². The summed E-state index contributed by atoms with van der Waals surface area (Å²) in [5.41, 5.74) is 5.03. The number of rotatable bonds is 1. The lowest BCUT2D eigenvalue weighted by atomic mass is 10.4. The highest BCUT2D eigenvalue weighted by Gasteiger charge is 1.91. The summed E-state index contributed by atoms with van der Waals surface area (Å²) >= 11 is 3.67. The van der Waals surface area contributed by atoms with Crippen LogP contribution in [0.3, 0.4) is 0 Å². The molecule has 0 aromatic heterocycles. The third-order valence-electron chi connectivity index (χ3n) is 0.513. The first-order valence-electron chi connectivity index (χ1n) is 2.08. The van der Waals surface area contributed by atoms with E-state index < -0.39 is 0 Å². The maximum absolute atomic E-state index is 8.14. The van der Waals surface area contributed by atoms with Gasteiger partial charge in [0.2, 0.25) is 0 Å². The zero-order valence-corrected chi connectivity index (χ0v) is 6.62. The first-order valence-corrected chi connectivity index (χ1v) is 2.53. The summed E-state index contributed by atoms with van der Waals surface area (Å²) in [7, 11) is 0. The fraction of sp³-hybridized carbons (Fsp3) is 0.500. The molecule has 0 fully saturated rings. The molecule has 0 saturated heterocycles. The molecule has 0 aliphatic rings. The van der Waals surface area contributed by atoms with Crippen molar-refractivity contribution >= 4 is 30.2 Å². The number of amidine groups is 1. The predicted molar refractivity (Wildman–Crippen MR) is 42.9 cm³/mol. The summed E-state index contributed by atoms with van der Waals surface area (Å²) < 4.78 is 0. The molecule has 0 saturated carbocycles. The molecule has 0 rings (SSSR count). The zero-order chi connectivity index (χ0) is 6.57. The summed E-state index contributed by atoms with van der Waals surface area (Å²) in [6.45, 7) is 1.64. The van der Waals surface area contributed by atoms with Gasteiger partial charge in [0, 0.05) is 0 Å². The molecule has 3 nitrogen and oxygen atoms in total. The van der Waals surface area contributed by atoms with Gasteiger partial charge in [-0.3, -0.25) is 0 Å². The highest BCUT2D eigenvalue weighted by Crippen LogP contribution is 1.86. The van der Waals surface area contributed by atoms with Crippen molar-refractivity contribution in [2.24, 2.45) is 10.7 Å². The molecule has 5 heteroatoms. The van der Waals surface area contributed by atoms with E-state index in [4.69, 9.17) is 11.0 Å². The fourth-order valence-corrected chi connectivity index (χ4v) is 0.400. The minimum absolute atomic E-state index is 0. The number of hydrogen-bond donors (Lipinski definition) is 2. The van der Waals surface area contributed by atoms with Crippen molar-refractivity contribution in [3.8, 4) is 6.07 Å². The molecule has 52 valence electrons. The second-order valence-corrected chi connectivity index (χ2v) is 1.75. The molecule has 1 unspecified atom stereocenters. The van der Waals surface area contributed by atoms with E-state index in [1.54, 1.807) is 6.92 Å². The normalized spacial score (nSPS) is 13.2. The molecule has 2 N–H and O–H groups in total. The molecule has 9 heavy (non-hydrogen) atoms. The molecule has 0 aliphatic heterocycles. The van der Waals surface area contributed by atoms with Crippen LogP contribution in [-0.2, 0) is 0 Å². The van der Waals surface area contributed by atoms with E-state index >= 15 is 0 Å². The van der Waals surface area contributed by atoms with Crippen LogP contribution in [0.5, 0.6) is 0 Å². The van der Waals surface area contributed by atoms with Crippen LogP contribution in [0.15, 0.2) is 4.99 Å². The van der Waals surface area contributed by atoms with Gasteiger partial charge in [-0.05, 0) is 6.92 Å². The van der Waals surface area contributed by atoms with Gasteiger partial charge in [0.05, 0.1) is 6.07 Å². The molecule has 0 bridgehead atoms. The third kappa shape index (κ3) is 7.60. The van der Waals surface area contributed by atoms with Crippen LogP contribution in [0.4, 0.5) is 0 Å². The number of nitrogens with two attached hydrogens (primary N) is 1. The van der Waals surface area contributed by atoms with Crippen molar-refractivity contribution in [2.45, 2.75) is 13.0 Å². The number of thiol groups is 1. The van der Waals surface area contributed by atoms with Gasteiger partial charge < -0.3 is 5.73 Å². The average Bonchev–Trinajstić information content (AvgIpc) is 1.65. The second kappa shape index (κ2) is 5.73. The van der Waals surface area contributed by atoms with E-state index in [-0.39, 0.29) is 23.6 Å². The number of hydrogen-bond acceptors (Lipinski definition) is 2. The smallest absolute Gasteiger partial charge is 0.152 e. The van der Waals surface area contributed by atoms with Gasteiger partial charge >= 0.3 is 0 Å². The summed E-state index contributed by atoms with van der Waals surface area (Å²) in [6.07, 6.45) is 0. The third-order valence-corrected chi connectivity index (χ3v) is 0.628. The Balaban J connectivity index is 0. The van der Waals surface area contributed by atoms with Gasteiger partial charge in [0.1, 0.15) is 6.04 Å². The SMILES string of the molecule is CC(C#N)N=C(N)S.Cl.